The van der Waals surface area contributed by atoms with Gasteiger partial charge in [0.15, 0.2) is 5.96 Å². The standard InChI is InChI=1S/C15H25N5O3/c1-4-22-15(21)20-7-5-12(6-8-20)19-14(16)17-9-13-18-10(2)11(3)23-13/h12H,4-9H2,1-3H3,(H3,16,17,19). The number of rotatable bonds is 4. The molecule has 3 N–H and O–H groups in total. The summed E-state index contributed by atoms with van der Waals surface area (Å²) in [5.74, 6) is 1.73. The number of nitrogens with zero attached hydrogens (tertiary/aromatic N) is 3. The topological polar surface area (TPSA) is 106 Å². The van der Waals surface area contributed by atoms with Gasteiger partial charge in [-0.05, 0) is 33.6 Å². The lowest BCUT2D eigenvalue weighted by atomic mass is 10.1. The molecule has 0 aromatic carbocycles. The minimum atomic E-state index is -0.248. The predicted octanol–water partition coefficient (Wildman–Crippen LogP) is 1.32. The predicted molar refractivity (Wildman–Crippen MR) is 86.1 cm³/mol. The highest BCUT2D eigenvalue weighted by Crippen LogP contribution is 2.12. The molecule has 128 valence electrons. The van der Waals surface area contributed by atoms with Gasteiger partial charge >= 0.3 is 6.09 Å². The smallest absolute Gasteiger partial charge is 0.409 e. The molecule has 0 aliphatic carbocycles. The van der Waals surface area contributed by atoms with Crippen LogP contribution in [0.3, 0.4) is 0 Å². The van der Waals surface area contributed by atoms with E-state index in [4.69, 9.17) is 14.9 Å². The van der Waals surface area contributed by atoms with Crippen molar-refractivity contribution in [3.8, 4) is 0 Å². The van der Waals surface area contributed by atoms with Gasteiger partial charge in [-0.3, -0.25) is 0 Å². The Labute approximate surface area is 136 Å². The SMILES string of the molecule is CCOC(=O)N1CCC(NC(N)=NCc2nc(C)c(C)o2)CC1. The van der Waals surface area contributed by atoms with Crippen molar-refractivity contribution in [1.82, 2.24) is 15.2 Å². The molecule has 1 aromatic heterocycles. The molecule has 8 heteroatoms. The summed E-state index contributed by atoms with van der Waals surface area (Å²) in [6, 6.07) is 0.206. The second kappa shape index (κ2) is 7.85. The maximum atomic E-state index is 11.6. The summed E-state index contributed by atoms with van der Waals surface area (Å²) in [5, 5.41) is 3.18. The molecule has 1 saturated heterocycles. The van der Waals surface area contributed by atoms with E-state index in [0.29, 0.717) is 38.1 Å². The number of hydrogen-bond donors (Lipinski definition) is 2. The molecular weight excluding hydrogens is 298 g/mol. The van der Waals surface area contributed by atoms with Crippen LogP contribution < -0.4 is 11.1 Å². The Morgan fingerprint density at radius 2 is 2.17 bits per heavy atom. The zero-order chi connectivity index (χ0) is 16.8. The largest absolute Gasteiger partial charge is 0.450 e. The number of oxazole rings is 1. The van der Waals surface area contributed by atoms with E-state index in [1.54, 1.807) is 11.8 Å². The Hall–Kier alpha value is -2.25. The first-order valence-electron chi connectivity index (χ1n) is 7.90. The van der Waals surface area contributed by atoms with Gasteiger partial charge in [0.05, 0.1) is 12.3 Å². The van der Waals surface area contributed by atoms with Crippen LogP contribution in [0.1, 0.15) is 37.1 Å². The molecule has 0 atom stereocenters. The average molecular weight is 323 g/mol. The number of aryl methyl sites for hydroxylation is 2. The van der Waals surface area contributed by atoms with Crippen LogP contribution >= 0.6 is 0 Å². The zero-order valence-corrected chi connectivity index (χ0v) is 14.0. The lowest BCUT2D eigenvalue weighted by Gasteiger charge is -2.31. The Bertz CT molecular complexity index is 542. The summed E-state index contributed by atoms with van der Waals surface area (Å²) >= 11 is 0. The highest BCUT2D eigenvalue weighted by atomic mass is 16.6. The summed E-state index contributed by atoms with van der Waals surface area (Å²) in [7, 11) is 0. The summed E-state index contributed by atoms with van der Waals surface area (Å²) in [5.41, 5.74) is 6.77. The third-order valence-corrected chi connectivity index (χ3v) is 3.83. The first kappa shape index (κ1) is 17.1. The Morgan fingerprint density at radius 3 is 2.74 bits per heavy atom. The van der Waals surface area contributed by atoms with Gasteiger partial charge in [0, 0.05) is 19.1 Å². The average Bonchev–Trinajstić information content (AvgIpc) is 2.85. The number of amides is 1. The monoisotopic (exact) mass is 323 g/mol. The number of carbonyl (C=O) groups is 1. The van der Waals surface area contributed by atoms with Gasteiger partial charge in [-0.15, -0.1) is 0 Å². The number of nitrogens with one attached hydrogen (secondary N) is 1. The minimum Gasteiger partial charge on any atom is -0.450 e. The van der Waals surface area contributed by atoms with Gasteiger partial charge in [-0.25, -0.2) is 14.8 Å². The molecule has 1 aromatic rings. The van der Waals surface area contributed by atoms with Gasteiger partial charge in [0.2, 0.25) is 5.89 Å². The summed E-state index contributed by atoms with van der Waals surface area (Å²) in [6.45, 7) is 7.59. The molecule has 0 saturated carbocycles. The van der Waals surface area contributed by atoms with E-state index in [9.17, 15) is 4.79 Å². The van der Waals surface area contributed by atoms with Crippen molar-refractivity contribution in [2.24, 2.45) is 10.7 Å². The minimum absolute atomic E-state index is 0.206. The van der Waals surface area contributed by atoms with Gasteiger partial charge in [0.1, 0.15) is 12.3 Å². The Balaban J connectivity index is 1.77. The fourth-order valence-electron chi connectivity index (χ4n) is 2.44. The Kier molecular flexibility index (Phi) is 5.84. The maximum Gasteiger partial charge on any atom is 0.409 e. The summed E-state index contributed by atoms with van der Waals surface area (Å²) in [4.78, 5) is 21.9. The van der Waals surface area contributed by atoms with Crippen molar-refractivity contribution >= 4 is 12.1 Å². The lowest BCUT2D eigenvalue weighted by Crippen LogP contribution is -2.48. The van der Waals surface area contributed by atoms with Crippen molar-refractivity contribution in [2.75, 3.05) is 19.7 Å². The molecule has 0 spiro atoms. The van der Waals surface area contributed by atoms with Crippen molar-refractivity contribution in [3.05, 3.63) is 17.3 Å². The second-order valence-corrected chi connectivity index (χ2v) is 5.56. The highest BCUT2D eigenvalue weighted by molar-refractivity contribution is 5.78. The van der Waals surface area contributed by atoms with Gasteiger partial charge in [0.25, 0.3) is 0 Å². The fourth-order valence-corrected chi connectivity index (χ4v) is 2.44. The number of nitrogens with two attached hydrogens (primary N) is 1. The van der Waals surface area contributed by atoms with Gasteiger partial charge < -0.3 is 25.1 Å². The van der Waals surface area contributed by atoms with E-state index in [-0.39, 0.29) is 12.1 Å². The van der Waals surface area contributed by atoms with Crippen LogP contribution in [-0.2, 0) is 11.3 Å². The van der Waals surface area contributed by atoms with Crippen molar-refractivity contribution in [2.45, 2.75) is 46.2 Å². The molecule has 0 radical (unpaired) electrons. The van der Waals surface area contributed by atoms with Gasteiger partial charge in [-0.1, -0.05) is 0 Å². The molecule has 0 unspecified atom stereocenters. The normalized spacial score (nSPS) is 16.5. The van der Waals surface area contributed by atoms with Crippen LogP contribution in [-0.4, -0.2) is 47.7 Å². The molecule has 1 aliphatic rings. The molecule has 2 rings (SSSR count). The summed E-state index contributed by atoms with van der Waals surface area (Å²) in [6.07, 6.45) is 1.38. The molecule has 1 fully saturated rings. The molecule has 2 heterocycles. The van der Waals surface area contributed by atoms with E-state index in [1.165, 1.54) is 0 Å². The highest BCUT2D eigenvalue weighted by Gasteiger charge is 2.23. The number of carbonyl (C=O) groups excluding carboxylic acids is 1. The summed E-state index contributed by atoms with van der Waals surface area (Å²) < 4.78 is 10.5. The lowest BCUT2D eigenvalue weighted by molar-refractivity contribution is 0.0963. The van der Waals surface area contributed by atoms with E-state index in [1.807, 2.05) is 13.8 Å². The van der Waals surface area contributed by atoms with Crippen LogP contribution in [0.5, 0.6) is 0 Å². The van der Waals surface area contributed by atoms with Crippen molar-refractivity contribution in [3.63, 3.8) is 0 Å². The van der Waals surface area contributed by atoms with E-state index < -0.39 is 0 Å². The van der Waals surface area contributed by atoms with Crippen LogP contribution in [0.2, 0.25) is 0 Å². The fraction of sp³-hybridized carbons (Fsp3) is 0.667. The van der Waals surface area contributed by atoms with Crippen molar-refractivity contribution < 1.29 is 13.9 Å². The third kappa shape index (κ3) is 4.87. The van der Waals surface area contributed by atoms with Crippen molar-refractivity contribution in [1.29, 1.82) is 0 Å². The number of aliphatic imine (C=N–C) groups is 1. The number of hydrogen-bond acceptors (Lipinski definition) is 5. The van der Waals surface area contributed by atoms with Gasteiger partial charge in [-0.2, -0.15) is 0 Å². The van der Waals surface area contributed by atoms with Crippen LogP contribution in [0.4, 0.5) is 4.79 Å². The first-order chi connectivity index (χ1) is 11.0. The van der Waals surface area contributed by atoms with Crippen LogP contribution in [0.25, 0.3) is 0 Å². The molecular formula is C15H25N5O3. The molecule has 23 heavy (non-hydrogen) atoms. The maximum absolute atomic E-state index is 11.6. The quantitative estimate of drug-likeness (QED) is 0.639. The van der Waals surface area contributed by atoms with Crippen LogP contribution in [0.15, 0.2) is 9.41 Å². The van der Waals surface area contributed by atoms with E-state index >= 15 is 0 Å². The molecule has 8 nitrogen and oxygen atoms in total. The molecule has 1 amide bonds. The number of guanidine groups is 1. The zero-order valence-electron chi connectivity index (χ0n) is 14.0. The Morgan fingerprint density at radius 1 is 1.48 bits per heavy atom. The third-order valence-electron chi connectivity index (χ3n) is 3.83. The molecule has 0 bridgehead atoms. The second-order valence-electron chi connectivity index (χ2n) is 5.56. The first-order valence-corrected chi connectivity index (χ1v) is 7.90. The number of aromatic nitrogens is 1. The molecule has 1 aliphatic heterocycles. The van der Waals surface area contributed by atoms with Crippen LogP contribution in [0, 0.1) is 13.8 Å². The number of piperidine rings is 1. The van der Waals surface area contributed by atoms with E-state index in [2.05, 4.69) is 15.3 Å². The van der Waals surface area contributed by atoms with E-state index in [0.717, 1.165) is 24.3 Å². The number of ether oxygens (including phenoxy) is 1. The number of likely N-dealkylation sites (tertiary alicyclic amines) is 1.